The second-order valence-corrected chi connectivity index (χ2v) is 3.83. The van der Waals surface area contributed by atoms with Gasteiger partial charge in [0.25, 0.3) is 0 Å². The summed E-state index contributed by atoms with van der Waals surface area (Å²) in [5, 5.41) is 0. The zero-order valence-electron chi connectivity index (χ0n) is 9.29. The molecule has 2 aromatic rings. The monoisotopic (exact) mass is 200 g/mol. The minimum atomic E-state index is 0.896. The molecule has 0 N–H and O–H groups in total. The third-order valence-corrected chi connectivity index (χ3v) is 2.83. The van der Waals surface area contributed by atoms with Crippen LogP contribution in [0.5, 0.6) is 0 Å². The van der Waals surface area contributed by atoms with Gasteiger partial charge >= 0.3 is 0 Å². The van der Waals surface area contributed by atoms with E-state index in [9.17, 15) is 0 Å². The summed E-state index contributed by atoms with van der Waals surface area (Å²) in [5.74, 6) is 1.10. The van der Waals surface area contributed by atoms with E-state index < -0.39 is 0 Å². The Labute approximate surface area is 90.7 Å². The second kappa shape index (κ2) is 4.35. The molecule has 1 nitrogen and oxygen atoms in total. The summed E-state index contributed by atoms with van der Waals surface area (Å²) >= 11 is 0. The molecular weight excluding hydrogens is 184 g/mol. The van der Waals surface area contributed by atoms with Crippen LogP contribution in [0, 0.1) is 6.92 Å². The highest BCUT2D eigenvalue weighted by atomic mass is 16.3. The lowest BCUT2D eigenvalue weighted by Gasteiger charge is -1.99. The van der Waals surface area contributed by atoms with E-state index in [1.807, 2.05) is 12.3 Å². The van der Waals surface area contributed by atoms with Gasteiger partial charge in [0.1, 0.15) is 5.76 Å². The third-order valence-electron chi connectivity index (χ3n) is 2.83. The predicted octanol–water partition coefficient (Wildman–Crippen LogP) is 3.74. The molecule has 1 heteroatoms. The van der Waals surface area contributed by atoms with Crippen molar-refractivity contribution in [3.05, 3.63) is 59.0 Å². The van der Waals surface area contributed by atoms with Gasteiger partial charge in [-0.25, -0.2) is 0 Å². The van der Waals surface area contributed by atoms with Crippen molar-refractivity contribution in [2.75, 3.05) is 0 Å². The van der Waals surface area contributed by atoms with Crippen molar-refractivity contribution >= 4 is 0 Å². The van der Waals surface area contributed by atoms with Crippen LogP contribution >= 0.6 is 0 Å². The van der Waals surface area contributed by atoms with E-state index in [4.69, 9.17) is 4.42 Å². The van der Waals surface area contributed by atoms with Gasteiger partial charge in [-0.15, -0.1) is 0 Å². The Morgan fingerprint density at radius 1 is 1.13 bits per heavy atom. The molecule has 15 heavy (non-hydrogen) atoms. The van der Waals surface area contributed by atoms with E-state index in [0.29, 0.717) is 0 Å². The van der Waals surface area contributed by atoms with E-state index in [1.54, 1.807) is 0 Å². The lowest BCUT2D eigenvalue weighted by Crippen LogP contribution is -1.89. The molecule has 0 radical (unpaired) electrons. The molecule has 0 fully saturated rings. The van der Waals surface area contributed by atoms with E-state index in [2.05, 4.69) is 38.1 Å². The van der Waals surface area contributed by atoms with Crippen molar-refractivity contribution in [2.24, 2.45) is 0 Å². The molecule has 0 unspecified atom stereocenters. The number of rotatable bonds is 3. The molecule has 0 spiro atoms. The zero-order valence-corrected chi connectivity index (χ0v) is 9.29. The van der Waals surface area contributed by atoms with Crippen molar-refractivity contribution in [2.45, 2.75) is 26.7 Å². The molecule has 0 amide bonds. The number of hydrogen-bond donors (Lipinski definition) is 0. The van der Waals surface area contributed by atoms with E-state index in [1.165, 1.54) is 16.7 Å². The number of furan rings is 1. The predicted molar refractivity (Wildman–Crippen MR) is 62.1 cm³/mol. The molecule has 0 bridgehead atoms. The van der Waals surface area contributed by atoms with Gasteiger partial charge in [0.05, 0.1) is 6.26 Å². The maximum atomic E-state index is 5.59. The summed E-state index contributed by atoms with van der Waals surface area (Å²) in [6, 6.07) is 10.4. The number of aryl methyl sites for hydroxylation is 1. The molecule has 0 saturated heterocycles. The Hall–Kier alpha value is -1.50. The molecule has 0 aliphatic heterocycles. The first kappa shape index (κ1) is 10.0. The average Bonchev–Trinajstić information content (AvgIpc) is 2.62. The highest BCUT2D eigenvalue weighted by Gasteiger charge is 2.08. The largest absolute Gasteiger partial charge is 0.468 e. The van der Waals surface area contributed by atoms with Crippen molar-refractivity contribution in [1.29, 1.82) is 0 Å². The van der Waals surface area contributed by atoms with Crippen molar-refractivity contribution in [3.63, 3.8) is 0 Å². The van der Waals surface area contributed by atoms with Gasteiger partial charge in [0.15, 0.2) is 0 Å². The van der Waals surface area contributed by atoms with Crippen LogP contribution in [-0.4, -0.2) is 0 Å². The van der Waals surface area contributed by atoms with E-state index >= 15 is 0 Å². The lowest BCUT2D eigenvalue weighted by atomic mass is 10.1. The molecule has 78 valence electrons. The van der Waals surface area contributed by atoms with Crippen molar-refractivity contribution in [3.8, 4) is 0 Å². The van der Waals surface area contributed by atoms with Gasteiger partial charge in [-0.05, 0) is 30.0 Å². The second-order valence-electron chi connectivity index (χ2n) is 3.83. The quantitative estimate of drug-likeness (QED) is 0.735. The van der Waals surface area contributed by atoms with Gasteiger partial charge in [0.2, 0.25) is 0 Å². The minimum Gasteiger partial charge on any atom is -0.468 e. The van der Waals surface area contributed by atoms with Crippen LogP contribution in [0.1, 0.15) is 29.4 Å². The maximum absolute atomic E-state index is 5.59. The standard InChI is InChI=1S/C14H16O/c1-3-13-10-15-14(11(13)2)9-12-7-5-4-6-8-12/h4-8,10H,3,9H2,1-2H3. The van der Waals surface area contributed by atoms with Gasteiger partial charge in [-0.3, -0.25) is 0 Å². The molecule has 0 atom stereocenters. The van der Waals surface area contributed by atoms with Gasteiger partial charge in [-0.2, -0.15) is 0 Å². The molecule has 0 saturated carbocycles. The van der Waals surface area contributed by atoms with E-state index in [0.717, 1.165) is 18.6 Å². The lowest BCUT2D eigenvalue weighted by molar-refractivity contribution is 0.516. The fourth-order valence-electron chi connectivity index (χ4n) is 1.80. The molecular formula is C14H16O. The Morgan fingerprint density at radius 2 is 1.87 bits per heavy atom. The van der Waals surface area contributed by atoms with Crippen LogP contribution in [0.3, 0.4) is 0 Å². The molecule has 0 aliphatic rings. The maximum Gasteiger partial charge on any atom is 0.111 e. The van der Waals surface area contributed by atoms with Crippen LogP contribution in [0.25, 0.3) is 0 Å². The van der Waals surface area contributed by atoms with Crippen LogP contribution in [0.2, 0.25) is 0 Å². The van der Waals surface area contributed by atoms with Gasteiger partial charge < -0.3 is 4.42 Å². The first-order valence-electron chi connectivity index (χ1n) is 5.41. The fourth-order valence-corrected chi connectivity index (χ4v) is 1.80. The summed E-state index contributed by atoms with van der Waals surface area (Å²) < 4.78 is 5.59. The van der Waals surface area contributed by atoms with Crippen molar-refractivity contribution < 1.29 is 4.42 Å². The first-order chi connectivity index (χ1) is 7.31. The highest BCUT2D eigenvalue weighted by Crippen LogP contribution is 2.19. The number of hydrogen-bond acceptors (Lipinski definition) is 1. The Kier molecular flexibility index (Phi) is 2.91. The normalized spacial score (nSPS) is 10.5. The highest BCUT2D eigenvalue weighted by molar-refractivity contribution is 5.30. The van der Waals surface area contributed by atoms with E-state index in [-0.39, 0.29) is 0 Å². The summed E-state index contributed by atoms with van der Waals surface area (Å²) in [5.41, 5.74) is 3.93. The fraction of sp³-hybridized carbons (Fsp3) is 0.286. The smallest absolute Gasteiger partial charge is 0.111 e. The van der Waals surface area contributed by atoms with Gasteiger partial charge in [0, 0.05) is 6.42 Å². The molecule has 1 heterocycles. The summed E-state index contributed by atoms with van der Waals surface area (Å²) in [6.07, 6.45) is 3.82. The first-order valence-corrected chi connectivity index (χ1v) is 5.41. The van der Waals surface area contributed by atoms with Crippen LogP contribution in [0.4, 0.5) is 0 Å². The zero-order chi connectivity index (χ0) is 10.7. The van der Waals surface area contributed by atoms with Crippen molar-refractivity contribution in [1.82, 2.24) is 0 Å². The summed E-state index contributed by atoms with van der Waals surface area (Å²) in [7, 11) is 0. The van der Waals surface area contributed by atoms with Crippen LogP contribution < -0.4 is 0 Å². The van der Waals surface area contributed by atoms with Crippen LogP contribution in [0.15, 0.2) is 41.0 Å². The molecule has 1 aromatic carbocycles. The molecule has 1 aromatic heterocycles. The molecule has 0 aliphatic carbocycles. The Bertz CT molecular complexity index is 426. The minimum absolute atomic E-state index is 0.896. The SMILES string of the molecule is CCc1coc(Cc2ccccc2)c1C. The van der Waals surface area contributed by atoms with Gasteiger partial charge in [-0.1, -0.05) is 37.3 Å². The molecule has 2 rings (SSSR count). The average molecular weight is 200 g/mol. The topological polar surface area (TPSA) is 13.1 Å². The van der Waals surface area contributed by atoms with Crippen LogP contribution in [-0.2, 0) is 12.8 Å². The summed E-state index contributed by atoms with van der Waals surface area (Å²) in [6.45, 7) is 4.30. The Morgan fingerprint density at radius 3 is 2.47 bits per heavy atom. The summed E-state index contributed by atoms with van der Waals surface area (Å²) in [4.78, 5) is 0. The number of benzene rings is 1. The Balaban J connectivity index is 2.21. The third kappa shape index (κ3) is 2.12.